The number of hydrogen-bond acceptors (Lipinski definition) is 8. The maximum Gasteiger partial charge on any atom is 0.175 e. The van der Waals surface area contributed by atoms with Gasteiger partial charge in [0.15, 0.2) is 20.0 Å². The minimum atomic E-state index is -3.19. The zero-order chi connectivity index (χ0) is 17.4. The van der Waals surface area contributed by atoms with Crippen molar-refractivity contribution in [2.75, 3.05) is 6.26 Å². The molecule has 0 bridgehead atoms. The summed E-state index contributed by atoms with van der Waals surface area (Å²) in [4.78, 5) is 5.00. The highest BCUT2D eigenvalue weighted by Gasteiger charge is 2.27. The Morgan fingerprint density at radius 3 is 2.96 bits per heavy atom. The van der Waals surface area contributed by atoms with Gasteiger partial charge in [0.25, 0.3) is 0 Å². The van der Waals surface area contributed by atoms with Crippen LogP contribution in [0, 0.1) is 0 Å². The van der Waals surface area contributed by atoms with Gasteiger partial charge in [-0.1, -0.05) is 18.2 Å². The largest absolute Gasteiger partial charge is 0.243 e. The van der Waals surface area contributed by atoms with E-state index in [2.05, 4.69) is 25.6 Å². The molecule has 2 atom stereocenters. The van der Waals surface area contributed by atoms with Crippen molar-refractivity contribution >= 4 is 43.2 Å². The van der Waals surface area contributed by atoms with Crippen LogP contribution >= 0.6 is 23.1 Å². The molecule has 2 unspecified atom stereocenters. The predicted octanol–water partition coefficient (Wildman–Crippen LogP) is 3.03. The molecule has 3 aromatic rings. The molecule has 7 nitrogen and oxygen atoms in total. The van der Waals surface area contributed by atoms with Gasteiger partial charge in [0.2, 0.25) is 0 Å². The molecule has 1 aliphatic rings. The Bertz CT molecular complexity index is 984. The molecule has 1 aliphatic carbocycles. The molecular weight excluding hydrogens is 378 g/mol. The van der Waals surface area contributed by atoms with Gasteiger partial charge in [0.1, 0.15) is 0 Å². The van der Waals surface area contributed by atoms with Gasteiger partial charge in [-0.2, -0.15) is 0 Å². The Labute approximate surface area is 153 Å². The number of thioether (sulfide) groups is 1. The minimum Gasteiger partial charge on any atom is -0.243 e. The Morgan fingerprint density at radius 2 is 2.20 bits per heavy atom. The van der Waals surface area contributed by atoms with Crippen molar-refractivity contribution < 1.29 is 8.42 Å². The van der Waals surface area contributed by atoms with Gasteiger partial charge in [-0.25, -0.2) is 18.5 Å². The van der Waals surface area contributed by atoms with Gasteiger partial charge in [-0.3, -0.25) is 0 Å². The van der Waals surface area contributed by atoms with Crippen LogP contribution in [0.1, 0.15) is 37.4 Å². The third-order valence-corrected chi connectivity index (χ3v) is 7.93. The standard InChI is InChI=1S/C15H17N5O2S3/c1-25(21,22)11-5-6-12-13(8-11)24-15(16-12)23-10-4-2-3-9(7-10)14-17-19-20-18-14/h5-6,8-10H,2-4,7H2,1H3,(H,17,18,19,20). The highest BCUT2D eigenvalue weighted by atomic mass is 32.2. The number of nitrogens with zero attached hydrogens (tertiary/aromatic N) is 4. The maximum atomic E-state index is 11.7. The first-order chi connectivity index (χ1) is 12.0. The number of hydrogen-bond donors (Lipinski definition) is 1. The quantitative estimate of drug-likeness (QED) is 0.724. The van der Waals surface area contributed by atoms with Gasteiger partial charge < -0.3 is 0 Å². The summed E-state index contributed by atoms with van der Waals surface area (Å²) in [7, 11) is -3.19. The number of fused-ring (bicyclic) bond motifs is 1. The summed E-state index contributed by atoms with van der Waals surface area (Å²) in [6.07, 6.45) is 5.64. The van der Waals surface area contributed by atoms with E-state index in [-0.39, 0.29) is 0 Å². The second-order valence-electron chi connectivity index (χ2n) is 6.27. The maximum absolute atomic E-state index is 11.7. The van der Waals surface area contributed by atoms with Crippen molar-refractivity contribution in [3.05, 3.63) is 24.0 Å². The number of sulfone groups is 1. The number of aromatic nitrogens is 5. The lowest BCUT2D eigenvalue weighted by Gasteiger charge is -2.26. The van der Waals surface area contributed by atoms with E-state index in [1.54, 1.807) is 41.3 Å². The molecule has 0 amide bonds. The molecule has 0 spiro atoms. The molecule has 2 aromatic heterocycles. The van der Waals surface area contributed by atoms with Crippen LogP contribution in [0.5, 0.6) is 0 Å². The van der Waals surface area contributed by atoms with Crippen LogP contribution in [0.2, 0.25) is 0 Å². The lowest BCUT2D eigenvalue weighted by atomic mass is 9.88. The van der Waals surface area contributed by atoms with E-state index >= 15 is 0 Å². The molecule has 0 aliphatic heterocycles. The number of rotatable bonds is 4. The van der Waals surface area contributed by atoms with E-state index < -0.39 is 9.84 Å². The monoisotopic (exact) mass is 395 g/mol. The predicted molar refractivity (Wildman–Crippen MR) is 97.8 cm³/mol. The van der Waals surface area contributed by atoms with E-state index in [0.717, 1.165) is 46.1 Å². The van der Waals surface area contributed by atoms with E-state index in [1.807, 2.05) is 0 Å². The fraction of sp³-hybridized carbons (Fsp3) is 0.467. The summed E-state index contributed by atoms with van der Waals surface area (Å²) in [5.74, 6) is 1.24. The third-order valence-electron chi connectivity index (χ3n) is 4.41. The van der Waals surface area contributed by atoms with Crippen LogP contribution < -0.4 is 0 Å². The number of H-pyrrole nitrogens is 1. The van der Waals surface area contributed by atoms with Crippen molar-refractivity contribution in [2.45, 2.75) is 46.1 Å². The van der Waals surface area contributed by atoms with Gasteiger partial charge in [0.05, 0.1) is 15.1 Å². The number of benzene rings is 1. The topological polar surface area (TPSA) is 101 Å². The summed E-state index contributed by atoms with van der Waals surface area (Å²) in [5.41, 5.74) is 0.853. The summed E-state index contributed by atoms with van der Waals surface area (Å²) in [5, 5.41) is 14.8. The first-order valence-electron chi connectivity index (χ1n) is 8.00. The van der Waals surface area contributed by atoms with E-state index in [1.165, 1.54) is 6.26 Å². The molecule has 4 rings (SSSR count). The van der Waals surface area contributed by atoms with Gasteiger partial charge >= 0.3 is 0 Å². The zero-order valence-corrected chi connectivity index (χ0v) is 16.0. The molecule has 1 saturated carbocycles. The van der Waals surface area contributed by atoms with E-state index in [0.29, 0.717) is 16.1 Å². The highest BCUT2D eigenvalue weighted by molar-refractivity contribution is 8.01. The van der Waals surface area contributed by atoms with Crippen LogP contribution in [0.15, 0.2) is 27.4 Å². The first-order valence-corrected chi connectivity index (χ1v) is 11.6. The van der Waals surface area contributed by atoms with Crippen LogP contribution in [-0.4, -0.2) is 45.5 Å². The summed E-state index contributed by atoms with van der Waals surface area (Å²) in [6.45, 7) is 0. The fourth-order valence-electron chi connectivity index (χ4n) is 3.15. The second-order valence-corrected chi connectivity index (χ2v) is 10.9. The summed E-state index contributed by atoms with van der Waals surface area (Å²) in [6, 6.07) is 5.13. The van der Waals surface area contributed by atoms with E-state index in [9.17, 15) is 8.42 Å². The lowest BCUT2D eigenvalue weighted by molar-refractivity contribution is 0.438. The van der Waals surface area contributed by atoms with Crippen molar-refractivity contribution in [3.63, 3.8) is 0 Å². The first kappa shape index (κ1) is 16.9. The smallest absolute Gasteiger partial charge is 0.175 e. The Morgan fingerprint density at radius 1 is 1.32 bits per heavy atom. The van der Waals surface area contributed by atoms with Crippen molar-refractivity contribution in [1.29, 1.82) is 0 Å². The number of aromatic amines is 1. The van der Waals surface area contributed by atoms with E-state index in [4.69, 9.17) is 0 Å². The zero-order valence-electron chi connectivity index (χ0n) is 13.5. The molecule has 1 aromatic carbocycles. The molecule has 1 N–H and O–H groups in total. The number of thiazole rings is 1. The number of tetrazole rings is 1. The van der Waals surface area contributed by atoms with Gasteiger partial charge in [-0.05, 0) is 47.9 Å². The van der Waals surface area contributed by atoms with Gasteiger partial charge in [0, 0.05) is 17.4 Å². The molecule has 10 heteroatoms. The highest BCUT2D eigenvalue weighted by Crippen LogP contribution is 2.41. The normalized spacial score (nSPS) is 21.6. The Hall–Kier alpha value is -1.52. The SMILES string of the molecule is CS(=O)(=O)c1ccc2nc(SC3CCCC(c4nnn[nH]4)C3)sc2c1. The van der Waals surface area contributed by atoms with Crippen LogP contribution in [0.3, 0.4) is 0 Å². The summed E-state index contributed by atoms with van der Waals surface area (Å²) < 4.78 is 25.3. The fourth-order valence-corrected chi connectivity index (χ4v) is 6.52. The molecule has 132 valence electrons. The second kappa shape index (κ2) is 6.65. The molecule has 1 fully saturated rings. The molecule has 25 heavy (non-hydrogen) atoms. The summed E-state index contributed by atoms with van der Waals surface area (Å²) >= 11 is 3.34. The average Bonchev–Trinajstić information content (AvgIpc) is 3.23. The van der Waals surface area contributed by atoms with Crippen LogP contribution in [0.4, 0.5) is 0 Å². The Kier molecular flexibility index (Phi) is 4.50. The molecule has 2 heterocycles. The Balaban J connectivity index is 1.52. The van der Waals surface area contributed by atoms with Gasteiger partial charge in [-0.15, -0.1) is 16.4 Å². The average molecular weight is 396 g/mol. The minimum absolute atomic E-state index is 0.343. The number of nitrogens with one attached hydrogen (secondary N) is 1. The molecule has 0 saturated heterocycles. The van der Waals surface area contributed by atoms with Crippen LogP contribution in [0.25, 0.3) is 10.2 Å². The van der Waals surface area contributed by atoms with Crippen molar-refractivity contribution in [3.8, 4) is 0 Å². The van der Waals surface area contributed by atoms with Crippen LogP contribution in [-0.2, 0) is 9.84 Å². The molecule has 0 radical (unpaired) electrons. The van der Waals surface area contributed by atoms with Crippen molar-refractivity contribution in [1.82, 2.24) is 25.6 Å². The third kappa shape index (κ3) is 3.70. The molecular formula is C15H17N5O2S3. The lowest BCUT2D eigenvalue weighted by Crippen LogP contribution is -2.17. The van der Waals surface area contributed by atoms with Crippen molar-refractivity contribution in [2.24, 2.45) is 0 Å².